The Labute approximate surface area is 157 Å². The van der Waals surface area contributed by atoms with Gasteiger partial charge in [0.15, 0.2) is 0 Å². The number of likely N-dealkylation sites (tertiary alicyclic amines) is 1. The van der Waals surface area contributed by atoms with Crippen LogP contribution in [-0.4, -0.2) is 42.1 Å². The molecule has 1 saturated heterocycles. The summed E-state index contributed by atoms with van der Waals surface area (Å²) in [5, 5.41) is 3.80. The minimum Gasteiger partial charge on any atom is -0.355 e. The largest absolute Gasteiger partial charge is 0.355 e. The van der Waals surface area contributed by atoms with Gasteiger partial charge in [-0.05, 0) is 37.0 Å². The molecule has 7 heteroatoms. The first kappa shape index (κ1) is 19.7. The number of halogens is 2. The molecule has 2 rings (SSSR count). The highest BCUT2D eigenvalue weighted by atomic mass is 35.5. The van der Waals surface area contributed by atoms with Crippen molar-refractivity contribution in [2.24, 2.45) is 5.92 Å². The van der Waals surface area contributed by atoms with Crippen molar-refractivity contribution >= 4 is 40.8 Å². The molecule has 0 bridgehead atoms. The van der Waals surface area contributed by atoms with Gasteiger partial charge in [-0.25, -0.2) is 0 Å². The predicted molar refractivity (Wildman–Crippen MR) is 97.8 cm³/mol. The Morgan fingerprint density at radius 1 is 1.24 bits per heavy atom. The molecule has 1 aliphatic rings. The summed E-state index contributed by atoms with van der Waals surface area (Å²) in [6.07, 6.45) is 2.87. The molecule has 136 valence electrons. The van der Waals surface area contributed by atoms with E-state index in [9.17, 15) is 14.4 Å². The number of ketones is 1. The van der Waals surface area contributed by atoms with E-state index in [1.54, 1.807) is 19.2 Å². The molecule has 1 heterocycles. The molecule has 0 aromatic heterocycles. The van der Waals surface area contributed by atoms with Crippen molar-refractivity contribution in [3.8, 4) is 0 Å². The van der Waals surface area contributed by atoms with Crippen LogP contribution in [0, 0.1) is 5.92 Å². The molecule has 0 radical (unpaired) electrons. The van der Waals surface area contributed by atoms with E-state index < -0.39 is 17.6 Å². The van der Waals surface area contributed by atoms with Crippen molar-refractivity contribution in [3.05, 3.63) is 33.8 Å². The van der Waals surface area contributed by atoms with Crippen LogP contribution in [0.5, 0.6) is 0 Å². The van der Waals surface area contributed by atoms with E-state index in [0.717, 1.165) is 18.4 Å². The van der Waals surface area contributed by atoms with Crippen LogP contribution in [0.3, 0.4) is 0 Å². The van der Waals surface area contributed by atoms with E-state index >= 15 is 0 Å². The Morgan fingerprint density at radius 2 is 1.96 bits per heavy atom. The fourth-order valence-corrected chi connectivity index (χ4v) is 3.44. The lowest BCUT2D eigenvalue weighted by atomic mass is 9.94. The molecule has 1 aromatic rings. The number of carbonyl (C=O) groups is 3. The first-order chi connectivity index (χ1) is 11.9. The van der Waals surface area contributed by atoms with Gasteiger partial charge in [-0.15, -0.1) is 0 Å². The normalized spacial score (nSPS) is 20.2. The van der Waals surface area contributed by atoms with Gasteiger partial charge in [-0.2, -0.15) is 0 Å². The van der Waals surface area contributed by atoms with Gasteiger partial charge in [0, 0.05) is 13.6 Å². The van der Waals surface area contributed by atoms with Crippen molar-refractivity contribution in [2.75, 3.05) is 13.6 Å². The molecule has 5 nitrogen and oxygen atoms in total. The Hall–Kier alpha value is -1.59. The summed E-state index contributed by atoms with van der Waals surface area (Å²) in [4.78, 5) is 37.7. The number of nitrogens with one attached hydrogen (secondary N) is 1. The number of benzene rings is 1. The smallest absolute Gasteiger partial charge is 0.290 e. The lowest BCUT2D eigenvalue weighted by molar-refractivity contribution is -0.142. The average Bonchev–Trinajstić information content (AvgIpc) is 2.79. The van der Waals surface area contributed by atoms with Crippen LogP contribution in [-0.2, 0) is 20.8 Å². The minimum atomic E-state index is -0.901. The van der Waals surface area contributed by atoms with Gasteiger partial charge in [-0.1, -0.05) is 42.6 Å². The van der Waals surface area contributed by atoms with E-state index in [1.165, 1.54) is 4.90 Å². The Morgan fingerprint density at radius 3 is 2.60 bits per heavy atom. The van der Waals surface area contributed by atoms with Gasteiger partial charge in [0.1, 0.15) is 5.92 Å². The number of carbonyl (C=O) groups excluding carboxylic acids is 3. The molecule has 2 atom stereocenters. The lowest BCUT2D eigenvalue weighted by Crippen LogP contribution is -2.41. The molecule has 0 aliphatic carbocycles. The van der Waals surface area contributed by atoms with Crippen LogP contribution in [0.2, 0.25) is 10.0 Å². The molecule has 1 aliphatic heterocycles. The summed E-state index contributed by atoms with van der Waals surface area (Å²) in [6, 6.07) is 5.09. The number of rotatable bonds is 7. The maximum absolute atomic E-state index is 12.4. The highest BCUT2D eigenvalue weighted by molar-refractivity contribution is 6.43. The van der Waals surface area contributed by atoms with Crippen LogP contribution >= 0.6 is 23.2 Å². The number of amides is 2. The van der Waals surface area contributed by atoms with Crippen molar-refractivity contribution in [1.82, 2.24) is 10.2 Å². The monoisotopic (exact) mass is 384 g/mol. The SMILES string of the molecule is CCCC1C(C(=O)NCCCc2ccc(Cl)c(Cl)c2)C(=O)C(=O)N1C. The van der Waals surface area contributed by atoms with Crippen LogP contribution < -0.4 is 5.32 Å². The summed E-state index contributed by atoms with van der Waals surface area (Å²) in [5.74, 6) is -2.45. The standard InChI is InChI=1S/C18H22Cl2N2O3/c1-3-5-14-15(16(23)18(25)22(14)2)17(24)21-9-4-6-11-7-8-12(19)13(20)10-11/h7-8,10,14-15H,3-6,9H2,1-2H3,(H,21,24). The zero-order valence-corrected chi connectivity index (χ0v) is 15.9. The molecule has 1 aromatic carbocycles. The first-order valence-corrected chi connectivity index (χ1v) is 9.15. The summed E-state index contributed by atoms with van der Waals surface area (Å²) in [6.45, 7) is 2.40. The molecule has 0 spiro atoms. The predicted octanol–water partition coefficient (Wildman–Crippen LogP) is 2.87. The number of hydrogen-bond donors (Lipinski definition) is 1. The Kier molecular flexibility index (Phi) is 6.85. The maximum atomic E-state index is 12.4. The zero-order chi connectivity index (χ0) is 18.6. The fraction of sp³-hybridized carbons (Fsp3) is 0.500. The third kappa shape index (κ3) is 4.53. The van der Waals surface area contributed by atoms with Gasteiger partial charge >= 0.3 is 0 Å². The molecular formula is C18H22Cl2N2O3. The van der Waals surface area contributed by atoms with Crippen molar-refractivity contribution in [3.63, 3.8) is 0 Å². The van der Waals surface area contributed by atoms with Crippen molar-refractivity contribution in [2.45, 2.75) is 38.6 Å². The summed E-state index contributed by atoms with van der Waals surface area (Å²) in [5.41, 5.74) is 1.03. The topological polar surface area (TPSA) is 66.5 Å². The summed E-state index contributed by atoms with van der Waals surface area (Å²) < 4.78 is 0. The molecule has 1 fully saturated rings. The highest BCUT2D eigenvalue weighted by Gasteiger charge is 2.48. The fourth-order valence-electron chi connectivity index (χ4n) is 3.11. The van der Waals surface area contributed by atoms with E-state index in [-0.39, 0.29) is 11.9 Å². The van der Waals surface area contributed by atoms with E-state index in [1.807, 2.05) is 13.0 Å². The van der Waals surface area contributed by atoms with Crippen LogP contribution in [0.15, 0.2) is 18.2 Å². The molecular weight excluding hydrogens is 363 g/mol. The van der Waals surface area contributed by atoms with Gasteiger partial charge in [0.25, 0.3) is 5.91 Å². The summed E-state index contributed by atoms with van der Waals surface area (Å²) in [7, 11) is 1.58. The van der Waals surface area contributed by atoms with Crippen LogP contribution in [0.4, 0.5) is 0 Å². The minimum absolute atomic E-state index is 0.347. The lowest BCUT2D eigenvalue weighted by Gasteiger charge is -2.22. The molecule has 0 saturated carbocycles. The molecule has 2 amide bonds. The first-order valence-electron chi connectivity index (χ1n) is 8.39. The van der Waals surface area contributed by atoms with Crippen molar-refractivity contribution in [1.29, 1.82) is 0 Å². The number of Topliss-reactive ketones (excluding diaryl/α,β-unsaturated/α-hetero) is 1. The third-order valence-electron chi connectivity index (χ3n) is 4.49. The zero-order valence-electron chi connectivity index (χ0n) is 14.4. The van der Waals surface area contributed by atoms with Gasteiger partial charge in [0.05, 0.1) is 16.1 Å². The molecule has 2 unspecified atom stereocenters. The van der Waals surface area contributed by atoms with Crippen LogP contribution in [0.25, 0.3) is 0 Å². The second-order valence-electron chi connectivity index (χ2n) is 6.26. The quantitative estimate of drug-likeness (QED) is 0.446. The van der Waals surface area contributed by atoms with Gasteiger partial charge in [0.2, 0.25) is 11.7 Å². The Balaban J connectivity index is 1.87. The summed E-state index contributed by atoms with van der Waals surface area (Å²) >= 11 is 11.9. The maximum Gasteiger partial charge on any atom is 0.290 e. The molecule has 25 heavy (non-hydrogen) atoms. The van der Waals surface area contributed by atoms with Gasteiger partial charge in [-0.3, -0.25) is 14.4 Å². The van der Waals surface area contributed by atoms with Crippen molar-refractivity contribution < 1.29 is 14.4 Å². The third-order valence-corrected chi connectivity index (χ3v) is 5.23. The average molecular weight is 385 g/mol. The van der Waals surface area contributed by atoms with E-state index in [2.05, 4.69) is 5.32 Å². The number of aryl methyl sites for hydroxylation is 1. The number of nitrogens with zero attached hydrogens (tertiary/aromatic N) is 1. The second-order valence-corrected chi connectivity index (χ2v) is 7.07. The van der Waals surface area contributed by atoms with Gasteiger partial charge < -0.3 is 10.2 Å². The number of hydrogen-bond acceptors (Lipinski definition) is 3. The van der Waals surface area contributed by atoms with E-state index in [4.69, 9.17) is 23.2 Å². The second kappa shape index (κ2) is 8.68. The molecule has 1 N–H and O–H groups in total. The van der Waals surface area contributed by atoms with Crippen LogP contribution in [0.1, 0.15) is 31.7 Å². The number of likely N-dealkylation sites (N-methyl/N-ethyl adjacent to an activating group) is 1. The highest BCUT2D eigenvalue weighted by Crippen LogP contribution is 2.25. The van der Waals surface area contributed by atoms with E-state index in [0.29, 0.717) is 29.4 Å². The Bertz CT molecular complexity index is 678.